The Balaban J connectivity index is 2.56. The van der Waals surface area contributed by atoms with Gasteiger partial charge in [0.05, 0.1) is 17.8 Å². The Morgan fingerprint density at radius 3 is 2.38 bits per heavy atom. The maximum Gasteiger partial charge on any atom is 0.142 e. The van der Waals surface area contributed by atoms with E-state index in [0.29, 0.717) is 11.1 Å². The van der Waals surface area contributed by atoms with Crippen LogP contribution in [-0.2, 0) is 0 Å². The van der Waals surface area contributed by atoms with Gasteiger partial charge in [-0.3, -0.25) is 4.98 Å². The molecule has 0 aliphatic rings. The highest BCUT2D eigenvalue weighted by Gasteiger charge is 2.04. The van der Waals surface area contributed by atoms with Crippen LogP contribution in [0.15, 0.2) is 36.7 Å². The average Bonchev–Trinajstić information content (AvgIpc) is 2.28. The van der Waals surface area contributed by atoms with Gasteiger partial charge in [-0.1, -0.05) is 0 Å². The minimum absolute atomic E-state index is 0.194. The first kappa shape index (κ1) is 10.2. The fourth-order valence-electron chi connectivity index (χ4n) is 1.39. The summed E-state index contributed by atoms with van der Waals surface area (Å²) in [6, 6.07) is 6.92. The van der Waals surface area contributed by atoms with Gasteiger partial charge in [0.1, 0.15) is 11.6 Å². The summed E-state index contributed by atoms with van der Waals surface area (Å²) in [6.07, 6.45) is 2.48. The van der Waals surface area contributed by atoms with E-state index in [-0.39, 0.29) is 5.56 Å². The third-order valence-electron chi connectivity index (χ3n) is 2.07. The van der Waals surface area contributed by atoms with Crippen molar-refractivity contribution in [3.05, 3.63) is 53.9 Å². The molecule has 16 heavy (non-hydrogen) atoms. The van der Waals surface area contributed by atoms with E-state index in [1.165, 1.54) is 24.4 Å². The van der Waals surface area contributed by atoms with Gasteiger partial charge >= 0.3 is 0 Å². The monoisotopic (exact) mass is 216 g/mol. The van der Waals surface area contributed by atoms with Crippen LogP contribution < -0.4 is 0 Å². The first-order chi connectivity index (χ1) is 7.69. The number of hydrogen-bond acceptors (Lipinski definition) is 2. The fraction of sp³-hybridized carbons (Fsp3) is 0. The van der Waals surface area contributed by atoms with Crippen LogP contribution in [0.4, 0.5) is 8.78 Å². The number of nitrogens with zero attached hydrogens (tertiary/aromatic N) is 2. The molecule has 1 aromatic carbocycles. The summed E-state index contributed by atoms with van der Waals surface area (Å²) >= 11 is 0. The predicted octanol–water partition coefficient (Wildman–Crippen LogP) is 2.90. The van der Waals surface area contributed by atoms with Crippen molar-refractivity contribution in [3.63, 3.8) is 0 Å². The van der Waals surface area contributed by atoms with Crippen LogP contribution in [-0.4, -0.2) is 4.98 Å². The van der Waals surface area contributed by atoms with Crippen molar-refractivity contribution in [3.8, 4) is 17.2 Å². The summed E-state index contributed by atoms with van der Waals surface area (Å²) in [5.74, 6) is -1.03. The highest BCUT2D eigenvalue weighted by Crippen LogP contribution is 2.21. The molecular weight excluding hydrogens is 210 g/mol. The molecule has 2 nitrogen and oxygen atoms in total. The minimum atomic E-state index is -0.529. The van der Waals surface area contributed by atoms with Crippen LogP contribution >= 0.6 is 0 Å². The summed E-state index contributed by atoms with van der Waals surface area (Å²) in [5, 5.41) is 8.68. The lowest BCUT2D eigenvalue weighted by atomic mass is 10.0. The third kappa shape index (κ3) is 2.04. The van der Waals surface area contributed by atoms with Gasteiger partial charge in [-0.15, -0.1) is 0 Å². The lowest BCUT2D eigenvalue weighted by Crippen LogP contribution is -1.86. The molecule has 0 radical (unpaired) electrons. The van der Waals surface area contributed by atoms with Crippen molar-refractivity contribution in [1.82, 2.24) is 4.98 Å². The standard InChI is InChI=1S/C12H6F2N2/c13-11-2-8(5-15)1-9(3-11)10-4-12(14)7-16-6-10/h1-4,6-7H. The number of aromatic nitrogens is 1. The highest BCUT2D eigenvalue weighted by atomic mass is 19.1. The lowest BCUT2D eigenvalue weighted by Gasteiger charge is -2.02. The Morgan fingerprint density at radius 2 is 1.69 bits per heavy atom. The van der Waals surface area contributed by atoms with Crippen LogP contribution in [0.5, 0.6) is 0 Å². The Hall–Kier alpha value is -2.28. The van der Waals surface area contributed by atoms with E-state index in [4.69, 9.17) is 5.26 Å². The predicted molar refractivity (Wildman–Crippen MR) is 54.3 cm³/mol. The van der Waals surface area contributed by atoms with Gasteiger partial charge in [-0.25, -0.2) is 8.78 Å². The largest absolute Gasteiger partial charge is 0.261 e. The minimum Gasteiger partial charge on any atom is -0.261 e. The van der Waals surface area contributed by atoms with Gasteiger partial charge in [0, 0.05) is 11.8 Å². The van der Waals surface area contributed by atoms with Gasteiger partial charge in [-0.2, -0.15) is 5.26 Å². The maximum absolute atomic E-state index is 13.1. The Bertz CT molecular complexity index is 573. The van der Waals surface area contributed by atoms with E-state index in [0.717, 1.165) is 12.3 Å². The third-order valence-corrected chi connectivity index (χ3v) is 2.07. The normalized spacial score (nSPS) is 9.81. The molecule has 0 saturated carbocycles. The maximum atomic E-state index is 13.1. The van der Waals surface area contributed by atoms with Crippen molar-refractivity contribution < 1.29 is 8.78 Å². The summed E-state index contributed by atoms with van der Waals surface area (Å²) in [7, 11) is 0. The number of halogens is 2. The van der Waals surface area contributed by atoms with Crippen LogP contribution in [0.2, 0.25) is 0 Å². The molecule has 78 valence electrons. The number of benzene rings is 1. The highest BCUT2D eigenvalue weighted by molar-refractivity contribution is 5.64. The molecule has 0 aliphatic carbocycles. The van der Waals surface area contributed by atoms with E-state index in [1.54, 1.807) is 0 Å². The first-order valence-electron chi connectivity index (χ1n) is 4.50. The Morgan fingerprint density at radius 1 is 0.938 bits per heavy atom. The summed E-state index contributed by atoms with van der Waals surface area (Å²) in [4.78, 5) is 3.67. The van der Waals surface area contributed by atoms with Crippen molar-refractivity contribution in [2.45, 2.75) is 0 Å². The van der Waals surface area contributed by atoms with Crippen molar-refractivity contribution in [2.75, 3.05) is 0 Å². The van der Waals surface area contributed by atoms with Gasteiger partial charge < -0.3 is 0 Å². The second-order valence-corrected chi connectivity index (χ2v) is 3.23. The zero-order valence-corrected chi connectivity index (χ0v) is 8.11. The molecule has 0 unspecified atom stereocenters. The van der Waals surface area contributed by atoms with Crippen molar-refractivity contribution in [1.29, 1.82) is 5.26 Å². The lowest BCUT2D eigenvalue weighted by molar-refractivity contribution is 0.621. The summed E-state index contributed by atoms with van der Waals surface area (Å²) in [6.45, 7) is 0. The van der Waals surface area contributed by atoms with E-state index >= 15 is 0 Å². The zero-order valence-electron chi connectivity index (χ0n) is 8.11. The number of rotatable bonds is 1. The molecular formula is C12H6F2N2. The van der Waals surface area contributed by atoms with Crippen LogP contribution in [0, 0.1) is 23.0 Å². The average molecular weight is 216 g/mol. The van der Waals surface area contributed by atoms with Gasteiger partial charge in [0.15, 0.2) is 0 Å². The van der Waals surface area contributed by atoms with E-state index in [9.17, 15) is 8.78 Å². The first-order valence-corrected chi connectivity index (χ1v) is 4.50. The molecule has 4 heteroatoms. The van der Waals surface area contributed by atoms with Crippen molar-refractivity contribution >= 4 is 0 Å². The van der Waals surface area contributed by atoms with Crippen LogP contribution in [0.3, 0.4) is 0 Å². The molecule has 2 rings (SSSR count). The summed E-state index contributed by atoms with van der Waals surface area (Å²) < 4.78 is 26.1. The zero-order chi connectivity index (χ0) is 11.5. The number of pyridine rings is 1. The van der Waals surface area contributed by atoms with Gasteiger partial charge in [0.2, 0.25) is 0 Å². The molecule has 0 fully saturated rings. The quantitative estimate of drug-likeness (QED) is 0.734. The molecule has 0 aliphatic heterocycles. The van der Waals surface area contributed by atoms with Gasteiger partial charge in [-0.05, 0) is 29.8 Å². The molecule has 2 aromatic rings. The second kappa shape index (κ2) is 4.07. The molecule has 1 aromatic heterocycles. The smallest absolute Gasteiger partial charge is 0.142 e. The molecule has 0 N–H and O–H groups in total. The topological polar surface area (TPSA) is 36.7 Å². The van der Waals surface area contributed by atoms with E-state index in [1.807, 2.05) is 6.07 Å². The molecule has 0 amide bonds. The molecule has 1 heterocycles. The SMILES string of the molecule is N#Cc1cc(F)cc(-c2cncc(F)c2)c1. The van der Waals surface area contributed by atoms with Crippen molar-refractivity contribution in [2.24, 2.45) is 0 Å². The fourth-order valence-corrected chi connectivity index (χ4v) is 1.39. The van der Waals surface area contributed by atoms with E-state index in [2.05, 4.69) is 4.98 Å². The second-order valence-electron chi connectivity index (χ2n) is 3.23. The molecule has 0 saturated heterocycles. The summed E-state index contributed by atoms with van der Waals surface area (Å²) in [5.41, 5.74) is 1.07. The number of nitriles is 1. The Kier molecular flexibility index (Phi) is 2.61. The number of hydrogen-bond donors (Lipinski definition) is 0. The molecule has 0 atom stereocenters. The molecule has 0 bridgehead atoms. The van der Waals surface area contributed by atoms with Crippen LogP contribution in [0.25, 0.3) is 11.1 Å². The van der Waals surface area contributed by atoms with E-state index < -0.39 is 11.6 Å². The molecule has 0 spiro atoms. The Labute approximate surface area is 90.8 Å². The van der Waals surface area contributed by atoms with Crippen LogP contribution in [0.1, 0.15) is 5.56 Å². The van der Waals surface area contributed by atoms with Gasteiger partial charge in [0.25, 0.3) is 0 Å².